The number of hydrogen-bond donors (Lipinski definition) is 3. The Balaban J connectivity index is 0.00000363. The van der Waals surface area contributed by atoms with E-state index < -0.39 is 17.7 Å². The Morgan fingerprint density at radius 1 is 1.19 bits per heavy atom. The third-order valence-corrected chi connectivity index (χ3v) is 4.93. The number of carbonyl (C=O) groups is 1. The minimum absolute atomic E-state index is 0. The first-order valence-corrected chi connectivity index (χ1v) is 10.2. The first-order chi connectivity index (χ1) is 15.0. The lowest BCUT2D eigenvalue weighted by molar-refractivity contribution is 0.187. The highest BCUT2D eigenvalue weighted by Crippen LogP contribution is 2.26. The molecule has 1 aliphatic rings. The molecule has 2 aromatic rings. The van der Waals surface area contributed by atoms with E-state index in [1.165, 1.54) is 25.3 Å². The van der Waals surface area contributed by atoms with Crippen LogP contribution in [0.2, 0.25) is 0 Å². The first kappa shape index (κ1) is 25.6. The lowest BCUT2D eigenvalue weighted by atomic mass is 10.2. The van der Waals surface area contributed by atoms with Crippen LogP contribution in [0.5, 0.6) is 0 Å². The van der Waals surface area contributed by atoms with Gasteiger partial charge in [-0.15, -0.1) is 24.0 Å². The van der Waals surface area contributed by atoms with E-state index in [1.54, 1.807) is 17.0 Å². The number of carbonyl (C=O) groups excluding carboxylic acids is 1. The molecule has 1 atom stereocenters. The second-order valence-corrected chi connectivity index (χ2v) is 7.15. The summed E-state index contributed by atoms with van der Waals surface area (Å²) in [5.74, 6) is -0.460. The molecule has 1 aliphatic heterocycles. The molecule has 1 saturated heterocycles. The Bertz CT molecular complexity index is 907. The zero-order valence-corrected chi connectivity index (χ0v) is 20.4. The fourth-order valence-electron chi connectivity index (χ4n) is 3.42. The molecule has 32 heavy (non-hydrogen) atoms. The normalized spacial score (nSPS) is 15.7. The van der Waals surface area contributed by atoms with Crippen molar-refractivity contribution in [3.63, 3.8) is 0 Å². The van der Waals surface area contributed by atoms with E-state index in [0.29, 0.717) is 37.8 Å². The van der Waals surface area contributed by atoms with Gasteiger partial charge in [-0.3, -0.25) is 5.32 Å². The van der Waals surface area contributed by atoms with Gasteiger partial charge in [0.25, 0.3) is 0 Å². The maximum atomic E-state index is 14.1. The van der Waals surface area contributed by atoms with E-state index in [0.717, 1.165) is 12.0 Å². The van der Waals surface area contributed by atoms with Gasteiger partial charge < -0.3 is 20.3 Å². The molecule has 1 amide bonds. The molecule has 1 unspecified atom stereocenters. The van der Waals surface area contributed by atoms with Gasteiger partial charge in [0.05, 0.1) is 13.7 Å². The summed E-state index contributed by atoms with van der Waals surface area (Å²) in [4.78, 5) is 17.6. The Morgan fingerprint density at radius 3 is 2.50 bits per heavy atom. The monoisotopic (exact) mass is 559 g/mol. The fourth-order valence-corrected chi connectivity index (χ4v) is 3.42. The zero-order chi connectivity index (χ0) is 22.2. The zero-order valence-electron chi connectivity index (χ0n) is 18.0. The molecule has 0 bridgehead atoms. The number of guanidine groups is 1. The second kappa shape index (κ2) is 12.4. The van der Waals surface area contributed by atoms with Crippen LogP contribution in [0.1, 0.15) is 18.9 Å². The van der Waals surface area contributed by atoms with Gasteiger partial charge in [-0.1, -0.05) is 18.2 Å². The summed E-state index contributed by atoms with van der Waals surface area (Å²) < 4.78 is 32.7. The Kier molecular flexibility index (Phi) is 9.95. The van der Waals surface area contributed by atoms with Crippen LogP contribution < -0.4 is 20.9 Å². The van der Waals surface area contributed by atoms with E-state index in [-0.39, 0.29) is 35.7 Å². The lowest BCUT2D eigenvalue weighted by Gasteiger charge is -2.21. The SMILES string of the molecule is CCNC(=NCc1ccc(NC(=O)OC)cc1)NC1CCN(c2c(F)cccc2F)C1.I. The highest BCUT2D eigenvalue weighted by atomic mass is 127. The van der Waals surface area contributed by atoms with Gasteiger partial charge in [-0.25, -0.2) is 18.6 Å². The summed E-state index contributed by atoms with van der Waals surface area (Å²) in [6.45, 7) is 4.14. The van der Waals surface area contributed by atoms with Crippen LogP contribution in [0, 0.1) is 11.6 Å². The predicted octanol–water partition coefficient (Wildman–Crippen LogP) is 4.10. The third kappa shape index (κ3) is 6.94. The quantitative estimate of drug-likeness (QED) is 0.283. The molecule has 1 heterocycles. The standard InChI is InChI=1S/C22H27F2N5O2.HI/c1-3-25-21(26-13-15-7-9-16(10-8-15)28-22(30)31-2)27-17-11-12-29(14-17)20-18(23)5-4-6-19(20)24;/h4-10,17H,3,11-14H2,1-2H3,(H,28,30)(H2,25,26,27);1H. The number of aliphatic imine (C=N–C) groups is 1. The van der Waals surface area contributed by atoms with Crippen LogP contribution in [-0.4, -0.2) is 44.8 Å². The number of rotatable bonds is 6. The van der Waals surface area contributed by atoms with Gasteiger partial charge in [0, 0.05) is 31.4 Å². The van der Waals surface area contributed by atoms with Crippen LogP contribution in [-0.2, 0) is 11.3 Å². The maximum Gasteiger partial charge on any atom is 0.411 e. The smallest absolute Gasteiger partial charge is 0.411 e. The van der Waals surface area contributed by atoms with Crippen molar-refractivity contribution in [1.82, 2.24) is 10.6 Å². The van der Waals surface area contributed by atoms with Crippen molar-refractivity contribution in [3.8, 4) is 0 Å². The Hall–Kier alpha value is -2.63. The van der Waals surface area contributed by atoms with Crippen LogP contribution in [0.15, 0.2) is 47.5 Å². The number of methoxy groups -OCH3 is 1. The average Bonchev–Trinajstić information content (AvgIpc) is 3.21. The van der Waals surface area contributed by atoms with E-state index in [2.05, 4.69) is 25.7 Å². The molecule has 3 rings (SSSR count). The summed E-state index contributed by atoms with van der Waals surface area (Å²) in [6, 6.07) is 11.2. The molecular weight excluding hydrogens is 531 g/mol. The number of benzene rings is 2. The number of nitrogens with zero attached hydrogens (tertiary/aromatic N) is 2. The van der Waals surface area contributed by atoms with E-state index in [9.17, 15) is 13.6 Å². The van der Waals surface area contributed by atoms with Crippen LogP contribution in [0.4, 0.5) is 25.0 Å². The molecule has 7 nitrogen and oxygen atoms in total. The number of hydrogen-bond acceptors (Lipinski definition) is 4. The summed E-state index contributed by atoms with van der Waals surface area (Å²) in [6.07, 6.45) is 0.219. The van der Waals surface area contributed by atoms with Gasteiger partial charge in [0.15, 0.2) is 5.96 Å². The molecule has 1 fully saturated rings. The summed E-state index contributed by atoms with van der Waals surface area (Å²) >= 11 is 0. The summed E-state index contributed by atoms with van der Waals surface area (Å²) in [5.41, 5.74) is 1.62. The molecule has 0 radical (unpaired) electrons. The minimum atomic E-state index is -0.550. The largest absolute Gasteiger partial charge is 0.453 e. The van der Waals surface area contributed by atoms with Crippen molar-refractivity contribution in [2.24, 2.45) is 4.99 Å². The van der Waals surface area contributed by atoms with Gasteiger partial charge in [0.1, 0.15) is 17.3 Å². The Labute approximate surface area is 203 Å². The van der Waals surface area contributed by atoms with Crippen molar-refractivity contribution < 1.29 is 18.3 Å². The maximum absolute atomic E-state index is 14.1. The third-order valence-electron chi connectivity index (χ3n) is 4.93. The number of halogens is 3. The summed E-state index contributed by atoms with van der Waals surface area (Å²) in [7, 11) is 1.31. The van der Waals surface area contributed by atoms with E-state index in [1.807, 2.05) is 19.1 Å². The molecule has 0 saturated carbocycles. The van der Waals surface area contributed by atoms with Crippen LogP contribution >= 0.6 is 24.0 Å². The molecular formula is C22H28F2IN5O2. The molecule has 0 aliphatic carbocycles. The number of anilines is 2. The first-order valence-electron chi connectivity index (χ1n) is 10.2. The molecule has 10 heteroatoms. The number of ether oxygens (including phenoxy) is 1. The van der Waals surface area contributed by atoms with E-state index >= 15 is 0 Å². The van der Waals surface area contributed by atoms with Gasteiger partial charge in [-0.05, 0) is 43.2 Å². The molecule has 174 valence electrons. The number of nitrogens with one attached hydrogen (secondary N) is 3. The molecule has 3 N–H and O–H groups in total. The predicted molar refractivity (Wildman–Crippen MR) is 133 cm³/mol. The minimum Gasteiger partial charge on any atom is -0.453 e. The van der Waals surface area contributed by atoms with Crippen molar-refractivity contribution in [2.45, 2.75) is 25.9 Å². The van der Waals surface area contributed by atoms with Crippen molar-refractivity contribution in [1.29, 1.82) is 0 Å². The highest BCUT2D eigenvalue weighted by Gasteiger charge is 2.27. The van der Waals surface area contributed by atoms with Crippen molar-refractivity contribution in [3.05, 3.63) is 59.7 Å². The van der Waals surface area contributed by atoms with Crippen molar-refractivity contribution in [2.75, 3.05) is 37.0 Å². The number of para-hydroxylation sites is 1. The van der Waals surface area contributed by atoms with Gasteiger partial charge >= 0.3 is 6.09 Å². The molecule has 0 spiro atoms. The van der Waals surface area contributed by atoms with Gasteiger partial charge in [-0.2, -0.15) is 0 Å². The Morgan fingerprint density at radius 2 is 1.88 bits per heavy atom. The van der Waals surface area contributed by atoms with Crippen LogP contribution in [0.25, 0.3) is 0 Å². The van der Waals surface area contributed by atoms with E-state index in [4.69, 9.17) is 0 Å². The molecule has 2 aromatic carbocycles. The van der Waals surface area contributed by atoms with Gasteiger partial charge in [0.2, 0.25) is 0 Å². The second-order valence-electron chi connectivity index (χ2n) is 7.15. The fraction of sp³-hybridized carbons (Fsp3) is 0.364. The van der Waals surface area contributed by atoms with Crippen LogP contribution in [0.3, 0.4) is 0 Å². The molecule has 0 aromatic heterocycles. The lowest BCUT2D eigenvalue weighted by Crippen LogP contribution is -2.44. The van der Waals surface area contributed by atoms with Crippen molar-refractivity contribution >= 4 is 47.4 Å². The highest BCUT2D eigenvalue weighted by molar-refractivity contribution is 14.0. The summed E-state index contributed by atoms with van der Waals surface area (Å²) in [5, 5.41) is 9.15. The number of amides is 1. The average molecular weight is 559 g/mol. The topological polar surface area (TPSA) is 78.0 Å².